The molecule has 2 fully saturated rings. The van der Waals surface area contributed by atoms with E-state index in [1.165, 1.54) is 45.2 Å². The van der Waals surface area contributed by atoms with Crippen molar-refractivity contribution in [1.29, 1.82) is 0 Å². The van der Waals surface area contributed by atoms with Gasteiger partial charge >= 0.3 is 0 Å². The van der Waals surface area contributed by atoms with Crippen molar-refractivity contribution in [2.75, 3.05) is 26.2 Å². The van der Waals surface area contributed by atoms with Gasteiger partial charge in [-0.1, -0.05) is 6.92 Å². The molecular weight excluding hydrogens is 214 g/mol. The monoisotopic (exact) mass is 239 g/mol. The van der Waals surface area contributed by atoms with Gasteiger partial charge in [-0.15, -0.1) is 0 Å². The van der Waals surface area contributed by atoms with Crippen molar-refractivity contribution in [1.82, 2.24) is 15.5 Å². The molecule has 0 aromatic carbocycles. The lowest BCUT2D eigenvalue weighted by atomic mass is 10.1. The van der Waals surface area contributed by atoms with Crippen LogP contribution >= 0.6 is 0 Å². The van der Waals surface area contributed by atoms with Crippen LogP contribution < -0.4 is 10.6 Å². The van der Waals surface area contributed by atoms with Gasteiger partial charge in [-0.3, -0.25) is 4.79 Å². The second-order valence-corrected chi connectivity index (χ2v) is 5.28. The highest BCUT2D eigenvalue weighted by Gasteiger charge is 2.23. The first-order valence-electron chi connectivity index (χ1n) is 7.03. The molecule has 2 aliphatic rings. The van der Waals surface area contributed by atoms with E-state index in [9.17, 15) is 4.79 Å². The second kappa shape index (κ2) is 6.36. The Balaban J connectivity index is 1.62. The standard InChI is InChI=1S/C13H25N3O/c1-2-16-8-3-4-11(7-9-16)14-10-13(17)15-12-5-6-12/h11-12,14H,2-10H2,1H3,(H,15,17). The summed E-state index contributed by atoms with van der Waals surface area (Å²) in [7, 11) is 0. The van der Waals surface area contributed by atoms with Crippen molar-refractivity contribution < 1.29 is 4.79 Å². The zero-order valence-electron chi connectivity index (χ0n) is 10.9. The fraction of sp³-hybridized carbons (Fsp3) is 0.923. The number of nitrogens with zero attached hydrogens (tertiary/aromatic N) is 1. The molecule has 0 aromatic heterocycles. The highest BCUT2D eigenvalue weighted by molar-refractivity contribution is 5.78. The Hall–Kier alpha value is -0.610. The summed E-state index contributed by atoms with van der Waals surface area (Å²) in [6, 6.07) is 1.01. The van der Waals surface area contributed by atoms with Crippen LogP contribution in [-0.2, 0) is 4.79 Å². The zero-order chi connectivity index (χ0) is 12.1. The molecule has 98 valence electrons. The van der Waals surface area contributed by atoms with Gasteiger partial charge in [0.2, 0.25) is 5.91 Å². The number of nitrogens with one attached hydrogen (secondary N) is 2. The van der Waals surface area contributed by atoms with E-state index in [0.29, 0.717) is 18.6 Å². The van der Waals surface area contributed by atoms with Gasteiger partial charge in [0, 0.05) is 12.1 Å². The molecule has 0 spiro atoms. The highest BCUT2D eigenvalue weighted by atomic mass is 16.2. The minimum atomic E-state index is 0.170. The van der Waals surface area contributed by atoms with Crippen LogP contribution in [0.25, 0.3) is 0 Å². The molecule has 0 radical (unpaired) electrons. The lowest BCUT2D eigenvalue weighted by Crippen LogP contribution is -2.40. The number of hydrogen-bond donors (Lipinski definition) is 2. The van der Waals surface area contributed by atoms with E-state index in [2.05, 4.69) is 22.5 Å². The molecule has 2 rings (SSSR count). The molecule has 1 unspecified atom stereocenters. The van der Waals surface area contributed by atoms with E-state index in [1.54, 1.807) is 0 Å². The first kappa shape index (κ1) is 12.8. The topological polar surface area (TPSA) is 44.4 Å². The van der Waals surface area contributed by atoms with Crippen molar-refractivity contribution in [2.24, 2.45) is 0 Å². The van der Waals surface area contributed by atoms with Crippen LogP contribution in [0.1, 0.15) is 39.0 Å². The first-order chi connectivity index (χ1) is 8.28. The maximum atomic E-state index is 11.6. The molecule has 1 saturated carbocycles. The lowest BCUT2D eigenvalue weighted by Gasteiger charge is -2.18. The molecule has 4 heteroatoms. The van der Waals surface area contributed by atoms with Gasteiger partial charge in [0.15, 0.2) is 0 Å². The highest BCUT2D eigenvalue weighted by Crippen LogP contribution is 2.18. The molecule has 1 heterocycles. The average molecular weight is 239 g/mol. The molecule has 0 aromatic rings. The summed E-state index contributed by atoms with van der Waals surface area (Å²) in [6.45, 7) is 6.24. The molecule has 0 bridgehead atoms. The van der Waals surface area contributed by atoms with Gasteiger partial charge in [-0.05, 0) is 51.7 Å². The Morgan fingerprint density at radius 2 is 2.00 bits per heavy atom. The number of rotatable bonds is 5. The van der Waals surface area contributed by atoms with Crippen LogP contribution in [0.2, 0.25) is 0 Å². The van der Waals surface area contributed by atoms with E-state index < -0.39 is 0 Å². The van der Waals surface area contributed by atoms with Crippen LogP contribution in [0.15, 0.2) is 0 Å². The van der Waals surface area contributed by atoms with Crippen molar-refractivity contribution in [3.8, 4) is 0 Å². The molecule has 4 nitrogen and oxygen atoms in total. The summed E-state index contributed by atoms with van der Waals surface area (Å²) in [6.07, 6.45) is 5.95. The maximum absolute atomic E-state index is 11.6. The largest absolute Gasteiger partial charge is 0.352 e. The van der Waals surface area contributed by atoms with Crippen LogP contribution in [0.5, 0.6) is 0 Å². The summed E-state index contributed by atoms with van der Waals surface area (Å²) in [5.74, 6) is 0.170. The van der Waals surface area contributed by atoms with Crippen LogP contribution in [-0.4, -0.2) is 49.1 Å². The van der Waals surface area contributed by atoms with Crippen LogP contribution in [0.4, 0.5) is 0 Å². The third-order valence-electron chi connectivity index (χ3n) is 3.76. The molecular formula is C13H25N3O. The third kappa shape index (κ3) is 4.64. The molecule has 1 aliphatic heterocycles. The molecule has 2 N–H and O–H groups in total. The summed E-state index contributed by atoms with van der Waals surface area (Å²) < 4.78 is 0. The Kier molecular flexibility index (Phi) is 4.80. The van der Waals surface area contributed by atoms with Gasteiger partial charge in [0.25, 0.3) is 0 Å². The van der Waals surface area contributed by atoms with Crippen molar-refractivity contribution in [3.63, 3.8) is 0 Å². The fourth-order valence-corrected chi connectivity index (χ4v) is 2.42. The Morgan fingerprint density at radius 1 is 1.18 bits per heavy atom. The predicted octanol–water partition coefficient (Wildman–Crippen LogP) is 0.729. The minimum Gasteiger partial charge on any atom is -0.352 e. The number of carbonyl (C=O) groups is 1. The number of hydrogen-bond acceptors (Lipinski definition) is 3. The van der Waals surface area contributed by atoms with Gasteiger partial charge in [0.05, 0.1) is 6.54 Å². The normalized spacial score (nSPS) is 26.5. The summed E-state index contributed by atoms with van der Waals surface area (Å²) in [4.78, 5) is 14.1. The SMILES string of the molecule is CCN1CCCC(NCC(=O)NC2CC2)CC1. The predicted molar refractivity (Wildman–Crippen MR) is 68.9 cm³/mol. The zero-order valence-corrected chi connectivity index (χ0v) is 10.9. The van der Waals surface area contributed by atoms with Crippen molar-refractivity contribution in [3.05, 3.63) is 0 Å². The van der Waals surface area contributed by atoms with E-state index in [4.69, 9.17) is 0 Å². The maximum Gasteiger partial charge on any atom is 0.234 e. The van der Waals surface area contributed by atoms with Crippen molar-refractivity contribution in [2.45, 2.75) is 51.1 Å². The number of amides is 1. The minimum absolute atomic E-state index is 0.170. The van der Waals surface area contributed by atoms with E-state index >= 15 is 0 Å². The van der Waals surface area contributed by atoms with Gasteiger partial charge < -0.3 is 15.5 Å². The second-order valence-electron chi connectivity index (χ2n) is 5.28. The smallest absolute Gasteiger partial charge is 0.234 e. The average Bonchev–Trinajstić information content (AvgIpc) is 3.13. The molecule has 1 amide bonds. The van der Waals surface area contributed by atoms with Crippen LogP contribution in [0, 0.1) is 0 Å². The van der Waals surface area contributed by atoms with Gasteiger partial charge in [-0.25, -0.2) is 0 Å². The third-order valence-corrected chi connectivity index (χ3v) is 3.76. The fourth-order valence-electron chi connectivity index (χ4n) is 2.42. The number of likely N-dealkylation sites (tertiary alicyclic amines) is 1. The van der Waals surface area contributed by atoms with Crippen molar-refractivity contribution >= 4 is 5.91 Å². The molecule has 1 aliphatic carbocycles. The summed E-state index contributed by atoms with van der Waals surface area (Å²) in [5, 5.41) is 6.42. The Morgan fingerprint density at radius 3 is 2.71 bits per heavy atom. The molecule has 1 atom stereocenters. The van der Waals surface area contributed by atoms with E-state index in [0.717, 1.165) is 6.54 Å². The Bertz CT molecular complexity index is 253. The quantitative estimate of drug-likeness (QED) is 0.743. The number of carbonyl (C=O) groups excluding carboxylic acids is 1. The lowest BCUT2D eigenvalue weighted by molar-refractivity contribution is -0.120. The summed E-state index contributed by atoms with van der Waals surface area (Å²) in [5.41, 5.74) is 0. The van der Waals surface area contributed by atoms with Crippen LogP contribution in [0.3, 0.4) is 0 Å². The molecule has 17 heavy (non-hydrogen) atoms. The Labute approximate surface area is 104 Å². The van der Waals surface area contributed by atoms with Gasteiger partial charge in [0.1, 0.15) is 0 Å². The summed E-state index contributed by atoms with van der Waals surface area (Å²) >= 11 is 0. The van der Waals surface area contributed by atoms with Gasteiger partial charge in [-0.2, -0.15) is 0 Å². The van der Waals surface area contributed by atoms with E-state index in [1.807, 2.05) is 0 Å². The first-order valence-corrected chi connectivity index (χ1v) is 7.03. The van der Waals surface area contributed by atoms with E-state index in [-0.39, 0.29) is 5.91 Å². The molecule has 1 saturated heterocycles.